The lowest BCUT2D eigenvalue weighted by molar-refractivity contribution is 0.146. The fourth-order valence-electron chi connectivity index (χ4n) is 2.24. The van der Waals surface area contributed by atoms with Gasteiger partial charge in [-0.05, 0) is 40.3 Å². The quantitative estimate of drug-likeness (QED) is 0.668. The highest BCUT2D eigenvalue weighted by atomic mass is 15.2. The average Bonchev–Trinajstić information content (AvgIpc) is 2.19. The third kappa shape index (κ3) is 4.98. The number of likely N-dealkylation sites (N-methyl/N-ethyl adjacent to an activating group) is 2. The Labute approximate surface area is 96.4 Å². The maximum absolute atomic E-state index is 3.63. The van der Waals surface area contributed by atoms with E-state index in [0.29, 0.717) is 18.1 Å². The van der Waals surface area contributed by atoms with Crippen LogP contribution in [0.1, 0.15) is 53.9 Å². The molecule has 2 heteroatoms. The van der Waals surface area contributed by atoms with Gasteiger partial charge in [-0.25, -0.2) is 0 Å². The van der Waals surface area contributed by atoms with Gasteiger partial charge >= 0.3 is 0 Å². The molecule has 0 rings (SSSR count). The zero-order valence-electron chi connectivity index (χ0n) is 11.5. The van der Waals surface area contributed by atoms with Gasteiger partial charge < -0.3 is 5.32 Å². The van der Waals surface area contributed by atoms with Gasteiger partial charge in [0.25, 0.3) is 0 Å². The molecule has 0 amide bonds. The van der Waals surface area contributed by atoms with E-state index in [1.807, 2.05) is 0 Å². The Kier molecular flexibility index (Phi) is 8.07. The van der Waals surface area contributed by atoms with Crippen LogP contribution in [0.5, 0.6) is 0 Å². The maximum Gasteiger partial charge on any atom is 0.0246 e. The minimum absolute atomic E-state index is 0.632. The Morgan fingerprint density at radius 1 is 1.13 bits per heavy atom. The fourth-order valence-corrected chi connectivity index (χ4v) is 2.24. The molecule has 0 aromatic carbocycles. The highest BCUT2D eigenvalue weighted by Crippen LogP contribution is 2.14. The monoisotopic (exact) mass is 214 g/mol. The van der Waals surface area contributed by atoms with Crippen molar-refractivity contribution in [3.05, 3.63) is 0 Å². The summed E-state index contributed by atoms with van der Waals surface area (Å²) in [6.45, 7) is 12.4. The highest BCUT2D eigenvalue weighted by Gasteiger charge is 2.23. The van der Waals surface area contributed by atoms with Crippen LogP contribution in [0.2, 0.25) is 0 Å². The van der Waals surface area contributed by atoms with Crippen LogP contribution in [-0.4, -0.2) is 36.6 Å². The van der Waals surface area contributed by atoms with E-state index in [1.54, 1.807) is 0 Å². The molecule has 0 radical (unpaired) electrons. The van der Waals surface area contributed by atoms with Gasteiger partial charge in [0.1, 0.15) is 0 Å². The van der Waals surface area contributed by atoms with Gasteiger partial charge in [0, 0.05) is 18.1 Å². The fraction of sp³-hybridized carbons (Fsp3) is 1.00. The Hall–Kier alpha value is -0.0800. The summed E-state index contributed by atoms with van der Waals surface area (Å²) >= 11 is 0. The number of rotatable bonds is 8. The van der Waals surface area contributed by atoms with Crippen molar-refractivity contribution in [1.82, 2.24) is 10.2 Å². The topological polar surface area (TPSA) is 15.3 Å². The number of nitrogens with zero attached hydrogens (tertiary/aromatic N) is 1. The Balaban J connectivity index is 4.42. The third-order valence-electron chi connectivity index (χ3n) is 3.29. The van der Waals surface area contributed by atoms with Crippen LogP contribution in [0.25, 0.3) is 0 Å². The molecular formula is C13H30N2. The van der Waals surface area contributed by atoms with E-state index in [0.717, 1.165) is 6.54 Å². The van der Waals surface area contributed by atoms with Crippen molar-refractivity contribution in [1.29, 1.82) is 0 Å². The van der Waals surface area contributed by atoms with Crippen LogP contribution in [0, 0.1) is 0 Å². The van der Waals surface area contributed by atoms with Crippen LogP contribution in [0.4, 0.5) is 0 Å². The van der Waals surface area contributed by atoms with Gasteiger partial charge in [-0.2, -0.15) is 0 Å². The van der Waals surface area contributed by atoms with Crippen molar-refractivity contribution in [2.45, 2.75) is 72.0 Å². The van der Waals surface area contributed by atoms with Crippen molar-refractivity contribution in [3.8, 4) is 0 Å². The van der Waals surface area contributed by atoms with Crippen LogP contribution in [-0.2, 0) is 0 Å². The van der Waals surface area contributed by atoms with E-state index in [9.17, 15) is 0 Å². The third-order valence-corrected chi connectivity index (χ3v) is 3.29. The first-order valence-electron chi connectivity index (χ1n) is 6.53. The molecule has 2 unspecified atom stereocenters. The van der Waals surface area contributed by atoms with Gasteiger partial charge in [0.05, 0.1) is 0 Å². The lowest BCUT2D eigenvalue weighted by Crippen LogP contribution is -2.50. The smallest absolute Gasteiger partial charge is 0.0246 e. The molecule has 0 aliphatic carbocycles. The van der Waals surface area contributed by atoms with E-state index >= 15 is 0 Å². The molecule has 0 fully saturated rings. The molecule has 92 valence electrons. The molecule has 0 bridgehead atoms. The Morgan fingerprint density at radius 2 is 1.73 bits per heavy atom. The van der Waals surface area contributed by atoms with Crippen LogP contribution in [0.15, 0.2) is 0 Å². The molecule has 0 aromatic heterocycles. The summed E-state index contributed by atoms with van der Waals surface area (Å²) in [5.41, 5.74) is 0. The van der Waals surface area contributed by atoms with Crippen LogP contribution >= 0.6 is 0 Å². The Bertz CT molecular complexity index is 139. The summed E-state index contributed by atoms with van der Waals surface area (Å²) in [4.78, 5) is 2.50. The van der Waals surface area contributed by atoms with Crippen LogP contribution in [0.3, 0.4) is 0 Å². The van der Waals surface area contributed by atoms with Gasteiger partial charge in [-0.3, -0.25) is 4.90 Å². The summed E-state index contributed by atoms with van der Waals surface area (Å²) in [7, 11) is 2.25. The first-order valence-corrected chi connectivity index (χ1v) is 6.53. The summed E-state index contributed by atoms with van der Waals surface area (Å²) in [6, 6.07) is 1.95. The van der Waals surface area contributed by atoms with Gasteiger partial charge in [-0.15, -0.1) is 0 Å². The predicted octanol–water partition coefficient (Wildman–Crippen LogP) is 2.88. The molecule has 0 spiro atoms. The predicted molar refractivity (Wildman–Crippen MR) is 69.4 cm³/mol. The van der Waals surface area contributed by atoms with E-state index < -0.39 is 0 Å². The van der Waals surface area contributed by atoms with Crippen molar-refractivity contribution in [3.63, 3.8) is 0 Å². The molecular weight excluding hydrogens is 184 g/mol. The standard InChI is InChI=1S/C13H30N2/c1-7-10-12(14-9-3)13(8-2)15(6)11(4)5/h11-14H,7-10H2,1-6H3. The van der Waals surface area contributed by atoms with E-state index in [4.69, 9.17) is 0 Å². The molecule has 0 aliphatic heterocycles. The molecule has 2 atom stereocenters. The molecule has 1 N–H and O–H groups in total. The van der Waals surface area contributed by atoms with Crippen LogP contribution < -0.4 is 5.32 Å². The molecule has 0 aromatic rings. The molecule has 0 saturated heterocycles. The average molecular weight is 214 g/mol. The summed E-state index contributed by atoms with van der Waals surface area (Å²) in [6.07, 6.45) is 3.77. The van der Waals surface area contributed by atoms with Gasteiger partial charge in [0.15, 0.2) is 0 Å². The van der Waals surface area contributed by atoms with E-state index in [1.165, 1.54) is 19.3 Å². The second kappa shape index (κ2) is 8.12. The van der Waals surface area contributed by atoms with Gasteiger partial charge in [0.2, 0.25) is 0 Å². The second-order valence-electron chi connectivity index (χ2n) is 4.69. The minimum atomic E-state index is 0.632. The summed E-state index contributed by atoms with van der Waals surface area (Å²) < 4.78 is 0. The van der Waals surface area contributed by atoms with E-state index in [2.05, 4.69) is 51.9 Å². The van der Waals surface area contributed by atoms with Crippen molar-refractivity contribution in [2.75, 3.05) is 13.6 Å². The molecule has 15 heavy (non-hydrogen) atoms. The summed E-state index contributed by atoms with van der Waals surface area (Å²) in [5.74, 6) is 0. The van der Waals surface area contributed by atoms with Gasteiger partial charge in [-0.1, -0.05) is 27.2 Å². The SMILES string of the molecule is CCCC(NCC)C(CC)N(C)C(C)C. The summed E-state index contributed by atoms with van der Waals surface area (Å²) in [5, 5.41) is 3.63. The number of hydrogen-bond donors (Lipinski definition) is 1. The molecule has 0 aliphatic rings. The largest absolute Gasteiger partial charge is 0.313 e. The first kappa shape index (κ1) is 14.9. The molecule has 2 nitrogen and oxygen atoms in total. The van der Waals surface area contributed by atoms with E-state index in [-0.39, 0.29) is 0 Å². The van der Waals surface area contributed by atoms with Crippen molar-refractivity contribution in [2.24, 2.45) is 0 Å². The molecule has 0 heterocycles. The highest BCUT2D eigenvalue weighted by molar-refractivity contribution is 4.83. The second-order valence-corrected chi connectivity index (χ2v) is 4.69. The first-order chi connectivity index (χ1) is 7.08. The number of nitrogens with one attached hydrogen (secondary N) is 1. The minimum Gasteiger partial charge on any atom is -0.313 e. The molecule has 0 saturated carbocycles. The van der Waals surface area contributed by atoms with Crippen molar-refractivity contribution >= 4 is 0 Å². The Morgan fingerprint density at radius 3 is 2.07 bits per heavy atom. The lowest BCUT2D eigenvalue weighted by atomic mass is 9.98. The maximum atomic E-state index is 3.63. The normalized spacial score (nSPS) is 16.0. The zero-order valence-corrected chi connectivity index (χ0v) is 11.5. The number of hydrogen-bond acceptors (Lipinski definition) is 2. The lowest BCUT2D eigenvalue weighted by Gasteiger charge is -2.37. The van der Waals surface area contributed by atoms with Crippen molar-refractivity contribution < 1.29 is 0 Å². The zero-order chi connectivity index (χ0) is 11.8.